The number of anilines is 1. The van der Waals surface area contributed by atoms with E-state index in [-0.39, 0.29) is 12.5 Å². The lowest BCUT2D eigenvalue weighted by Crippen LogP contribution is -2.23. The monoisotopic (exact) mass is 272 g/mol. The van der Waals surface area contributed by atoms with Crippen LogP contribution in [-0.2, 0) is 6.42 Å². The molecule has 0 radical (unpaired) electrons. The van der Waals surface area contributed by atoms with Crippen molar-refractivity contribution in [3.8, 4) is 0 Å². The van der Waals surface area contributed by atoms with Gasteiger partial charge in [0.1, 0.15) is 0 Å². The largest absolute Gasteiger partial charge is 0.389 e. The molecule has 1 aliphatic heterocycles. The van der Waals surface area contributed by atoms with E-state index in [2.05, 4.69) is 6.07 Å². The molecule has 1 heterocycles. The first-order valence-corrected chi connectivity index (χ1v) is 6.57. The van der Waals surface area contributed by atoms with E-state index in [0.717, 1.165) is 24.2 Å². The van der Waals surface area contributed by atoms with E-state index in [0.29, 0.717) is 6.54 Å². The number of nitrogens with zero attached hydrogens (tertiary/aromatic N) is 1. The number of rotatable bonds is 4. The van der Waals surface area contributed by atoms with Crippen LogP contribution in [0.25, 0.3) is 0 Å². The number of nitrogens with two attached hydrogens (primary N) is 1. The lowest BCUT2D eigenvalue weighted by atomic mass is 10.0. The minimum absolute atomic E-state index is 0.00965. The van der Waals surface area contributed by atoms with Crippen LogP contribution in [0.15, 0.2) is 18.2 Å². The van der Waals surface area contributed by atoms with Crippen LogP contribution in [0, 0.1) is 0 Å². The highest BCUT2D eigenvalue weighted by Crippen LogP contribution is 2.31. The van der Waals surface area contributed by atoms with Crippen LogP contribution in [0.4, 0.5) is 18.9 Å². The van der Waals surface area contributed by atoms with E-state index in [9.17, 15) is 13.2 Å². The van der Waals surface area contributed by atoms with Gasteiger partial charge in [0.05, 0.1) is 0 Å². The highest BCUT2D eigenvalue weighted by Gasteiger charge is 2.27. The standard InChI is InChI=1S/C14H19F3N2/c1-10(18)11-3-4-13-12(9-11)5-8-19(13)7-2-6-14(15,16)17/h3-4,9-10H,2,5-8,18H2,1H3. The second-order valence-electron chi connectivity index (χ2n) is 5.13. The predicted molar refractivity (Wildman–Crippen MR) is 70.3 cm³/mol. The number of halogens is 3. The van der Waals surface area contributed by atoms with Crippen molar-refractivity contribution in [2.75, 3.05) is 18.0 Å². The Kier molecular flexibility index (Phi) is 4.04. The van der Waals surface area contributed by atoms with E-state index < -0.39 is 12.6 Å². The quantitative estimate of drug-likeness (QED) is 0.910. The lowest BCUT2D eigenvalue weighted by Gasteiger charge is -2.20. The summed E-state index contributed by atoms with van der Waals surface area (Å²) in [7, 11) is 0. The summed E-state index contributed by atoms with van der Waals surface area (Å²) in [5.41, 5.74) is 9.17. The summed E-state index contributed by atoms with van der Waals surface area (Å²) in [6, 6.07) is 6.01. The van der Waals surface area contributed by atoms with Gasteiger partial charge < -0.3 is 10.6 Å². The van der Waals surface area contributed by atoms with Gasteiger partial charge in [-0.15, -0.1) is 0 Å². The molecular formula is C14H19F3N2. The molecule has 0 aromatic heterocycles. The molecular weight excluding hydrogens is 253 g/mol. The van der Waals surface area contributed by atoms with Crippen molar-refractivity contribution >= 4 is 5.69 Å². The molecule has 0 bridgehead atoms. The molecule has 1 aliphatic rings. The second kappa shape index (κ2) is 5.41. The van der Waals surface area contributed by atoms with E-state index in [1.165, 1.54) is 5.56 Å². The Hall–Kier alpha value is -1.23. The van der Waals surface area contributed by atoms with Crippen LogP contribution in [0.2, 0.25) is 0 Å². The zero-order chi connectivity index (χ0) is 14.0. The predicted octanol–water partition coefficient (Wildman–Crippen LogP) is 3.41. The number of benzene rings is 1. The van der Waals surface area contributed by atoms with E-state index in [1.807, 2.05) is 24.0 Å². The van der Waals surface area contributed by atoms with Crippen LogP contribution in [0.1, 0.15) is 36.9 Å². The van der Waals surface area contributed by atoms with Gasteiger partial charge in [0.15, 0.2) is 0 Å². The van der Waals surface area contributed by atoms with Gasteiger partial charge in [0.25, 0.3) is 0 Å². The third kappa shape index (κ3) is 3.62. The molecule has 0 saturated carbocycles. The highest BCUT2D eigenvalue weighted by molar-refractivity contribution is 5.59. The second-order valence-corrected chi connectivity index (χ2v) is 5.13. The van der Waals surface area contributed by atoms with E-state index >= 15 is 0 Å². The minimum Gasteiger partial charge on any atom is -0.371 e. The SMILES string of the molecule is CC(N)c1ccc2c(c1)CCN2CCCC(F)(F)F. The first-order chi connectivity index (χ1) is 8.87. The average Bonchev–Trinajstić information content (AvgIpc) is 2.70. The van der Waals surface area contributed by atoms with Crippen molar-refractivity contribution in [2.45, 2.75) is 38.4 Å². The molecule has 2 N–H and O–H groups in total. The Morgan fingerprint density at radius 3 is 2.74 bits per heavy atom. The maximum atomic E-state index is 12.1. The topological polar surface area (TPSA) is 29.3 Å². The molecule has 1 atom stereocenters. The van der Waals surface area contributed by atoms with Crippen molar-refractivity contribution in [2.24, 2.45) is 5.73 Å². The Morgan fingerprint density at radius 1 is 1.37 bits per heavy atom. The fourth-order valence-corrected chi connectivity index (χ4v) is 2.48. The van der Waals surface area contributed by atoms with Crippen LogP contribution < -0.4 is 10.6 Å². The molecule has 1 unspecified atom stereocenters. The first-order valence-electron chi connectivity index (χ1n) is 6.57. The zero-order valence-corrected chi connectivity index (χ0v) is 11.0. The average molecular weight is 272 g/mol. The number of hydrogen-bond donors (Lipinski definition) is 1. The zero-order valence-electron chi connectivity index (χ0n) is 11.0. The van der Waals surface area contributed by atoms with Crippen LogP contribution in [0.5, 0.6) is 0 Å². The number of alkyl halides is 3. The molecule has 106 valence electrons. The maximum Gasteiger partial charge on any atom is 0.389 e. The fraction of sp³-hybridized carbons (Fsp3) is 0.571. The fourth-order valence-electron chi connectivity index (χ4n) is 2.48. The normalized spacial score (nSPS) is 16.6. The van der Waals surface area contributed by atoms with Gasteiger partial charge in [-0.3, -0.25) is 0 Å². The Bertz CT molecular complexity index is 441. The molecule has 2 rings (SSSR count). The van der Waals surface area contributed by atoms with Gasteiger partial charge >= 0.3 is 6.18 Å². The maximum absolute atomic E-state index is 12.1. The number of hydrogen-bond acceptors (Lipinski definition) is 2. The van der Waals surface area contributed by atoms with Gasteiger partial charge in [-0.2, -0.15) is 13.2 Å². The van der Waals surface area contributed by atoms with E-state index in [4.69, 9.17) is 5.73 Å². The summed E-state index contributed by atoms with van der Waals surface area (Å²) in [5.74, 6) is 0. The molecule has 5 heteroatoms. The third-order valence-electron chi connectivity index (χ3n) is 3.51. The van der Waals surface area contributed by atoms with Gasteiger partial charge in [-0.05, 0) is 37.0 Å². The lowest BCUT2D eigenvalue weighted by molar-refractivity contribution is -0.135. The van der Waals surface area contributed by atoms with Gasteiger partial charge in [-0.1, -0.05) is 12.1 Å². The van der Waals surface area contributed by atoms with Crippen molar-refractivity contribution in [1.82, 2.24) is 0 Å². The first kappa shape index (κ1) is 14.2. The number of fused-ring (bicyclic) bond motifs is 1. The smallest absolute Gasteiger partial charge is 0.371 e. The van der Waals surface area contributed by atoms with E-state index in [1.54, 1.807) is 0 Å². The molecule has 0 saturated heterocycles. The van der Waals surface area contributed by atoms with Gasteiger partial charge in [0, 0.05) is 31.2 Å². The van der Waals surface area contributed by atoms with Gasteiger partial charge in [-0.25, -0.2) is 0 Å². The molecule has 19 heavy (non-hydrogen) atoms. The van der Waals surface area contributed by atoms with Crippen LogP contribution >= 0.6 is 0 Å². The Labute approximate surface area is 111 Å². The molecule has 0 aliphatic carbocycles. The minimum atomic E-state index is -4.05. The van der Waals surface area contributed by atoms with Crippen molar-refractivity contribution in [3.05, 3.63) is 29.3 Å². The highest BCUT2D eigenvalue weighted by atomic mass is 19.4. The van der Waals surface area contributed by atoms with Crippen LogP contribution in [0.3, 0.4) is 0 Å². The third-order valence-corrected chi connectivity index (χ3v) is 3.51. The Morgan fingerprint density at radius 2 is 2.11 bits per heavy atom. The van der Waals surface area contributed by atoms with Gasteiger partial charge in [0.2, 0.25) is 0 Å². The summed E-state index contributed by atoms with van der Waals surface area (Å²) in [6.45, 7) is 3.19. The van der Waals surface area contributed by atoms with Crippen LogP contribution in [-0.4, -0.2) is 19.3 Å². The molecule has 0 spiro atoms. The van der Waals surface area contributed by atoms with Crippen molar-refractivity contribution in [3.63, 3.8) is 0 Å². The molecule has 0 amide bonds. The molecule has 2 nitrogen and oxygen atoms in total. The molecule has 0 fully saturated rings. The summed E-state index contributed by atoms with van der Waals surface area (Å²) in [5, 5.41) is 0. The van der Waals surface area contributed by atoms with Crippen molar-refractivity contribution in [1.29, 1.82) is 0 Å². The molecule has 1 aromatic carbocycles. The summed E-state index contributed by atoms with van der Waals surface area (Å²) >= 11 is 0. The summed E-state index contributed by atoms with van der Waals surface area (Å²) in [4.78, 5) is 2.03. The Balaban J connectivity index is 1.98. The van der Waals surface area contributed by atoms with Crippen molar-refractivity contribution < 1.29 is 13.2 Å². The molecule has 1 aromatic rings. The summed E-state index contributed by atoms with van der Waals surface area (Å²) < 4.78 is 36.4. The summed E-state index contributed by atoms with van der Waals surface area (Å²) in [6.07, 6.45) is -3.72.